The summed E-state index contributed by atoms with van der Waals surface area (Å²) in [5.41, 5.74) is 0.342. The van der Waals surface area contributed by atoms with Crippen LogP contribution in [0.3, 0.4) is 0 Å². The van der Waals surface area contributed by atoms with Gasteiger partial charge in [-0.2, -0.15) is 13.2 Å². The molecular weight excluding hydrogens is 251 g/mol. The standard InChI is InChI=1S/C15H22F3N/c1-10(2)11(3)14(19-4)9-12-5-7-13(8-6-12)15(16,17)18/h5-8,10-11,14,19H,9H2,1-4H3. The van der Waals surface area contributed by atoms with Gasteiger partial charge in [0.1, 0.15) is 0 Å². The molecule has 0 heterocycles. The van der Waals surface area contributed by atoms with Gasteiger partial charge in [-0.1, -0.05) is 32.9 Å². The van der Waals surface area contributed by atoms with Gasteiger partial charge in [0.2, 0.25) is 0 Å². The Balaban J connectivity index is 2.76. The fourth-order valence-corrected chi connectivity index (χ4v) is 2.10. The minimum Gasteiger partial charge on any atom is -0.316 e. The Morgan fingerprint density at radius 1 is 1.05 bits per heavy atom. The van der Waals surface area contributed by atoms with Crippen molar-refractivity contribution in [2.75, 3.05) is 7.05 Å². The van der Waals surface area contributed by atoms with Gasteiger partial charge in [0.05, 0.1) is 5.56 Å². The SMILES string of the molecule is CNC(Cc1ccc(C(F)(F)F)cc1)C(C)C(C)C. The topological polar surface area (TPSA) is 12.0 Å². The third-order valence-corrected chi connectivity index (χ3v) is 3.79. The normalized spacial score (nSPS) is 15.6. The van der Waals surface area contributed by atoms with Crippen molar-refractivity contribution in [3.63, 3.8) is 0 Å². The highest BCUT2D eigenvalue weighted by molar-refractivity contribution is 5.25. The second-order valence-corrected chi connectivity index (χ2v) is 5.40. The molecule has 1 aromatic carbocycles. The maximum Gasteiger partial charge on any atom is 0.416 e. The Bertz CT molecular complexity index is 381. The summed E-state index contributed by atoms with van der Waals surface area (Å²) >= 11 is 0. The highest BCUT2D eigenvalue weighted by Crippen LogP contribution is 2.29. The zero-order chi connectivity index (χ0) is 14.6. The predicted octanol–water partition coefficient (Wildman–Crippen LogP) is 4.13. The molecule has 0 saturated carbocycles. The van der Waals surface area contributed by atoms with E-state index in [1.165, 1.54) is 0 Å². The number of halogens is 3. The molecule has 2 atom stereocenters. The van der Waals surface area contributed by atoms with Crippen molar-refractivity contribution >= 4 is 0 Å². The molecule has 1 aromatic rings. The second kappa shape index (κ2) is 6.42. The summed E-state index contributed by atoms with van der Waals surface area (Å²) in [6.45, 7) is 6.47. The lowest BCUT2D eigenvalue weighted by atomic mass is 9.86. The predicted molar refractivity (Wildman–Crippen MR) is 72.0 cm³/mol. The Morgan fingerprint density at radius 2 is 1.58 bits per heavy atom. The average Bonchev–Trinajstić information content (AvgIpc) is 2.34. The summed E-state index contributed by atoms with van der Waals surface area (Å²) in [5.74, 6) is 0.999. The average molecular weight is 273 g/mol. The zero-order valence-electron chi connectivity index (χ0n) is 11.9. The van der Waals surface area contributed by atoms with Crippen LogP contribution in [0.4, 0.5) is 13.2 Å². The first kappa shape index (κ1) is 16.0. The molecule has 0 aliphatic heterocycles. The van der Waals surface area contributed by atoms with Crippen LogP contribution in [-0.4, -0.2) is 13.1 Å². The highest BCUT2D eigenvalue weighted by Gasteiger charge is 2.30. The van der Waals surface area contributed by atoms with Gasteiger partial charge in [0, 0.05) is 6.04 Å². The monoisotopic (exact) mass is 273 g/mol. The van der Waals surface area contributed by atoms with Crippen molar-refractivity contribution in [3.8, 4) is 0 Å². The Morgan fingerprint density at radius 3 is 1.95 bits per heavy atom. The van der Waals surface area contributed by atoms with E-state index in [0.717, 1.165) is 24.1 Å². The first-order valence-corrected chi connectivity index (χ1v) is 6.59. The van der Waals surface area contributed by atoms with E-state index in [-0.39, 0.29) is 6.04 Å². The Hall–Kier alpha value is -1.03. The molecule has 0 aliphatic rings. The largest absolute Gasteiger partial charge is 0.416 e. The maximum absolute atomic E-state index is 12.5. The van der Waals surface area contributed by atoms with Crippen LogP contribution in [0.2, 0.25) is 0 Å². The molecule has 1 rings (SSSR count). The summed E-state index contributed by atoms with van der Waals surface area (Å²) in [6, 6.07) is 5.72. The van der Waals surface area contributed by atoms with Crippen molar-refractivity contribution in [1.29, 1.82) is 0 Å². The lowest BCUT2D eigenvalue weighted by Gasteiger charge is -2.26. The van der Waals surface area contributed by atoms with E-state index in [1.807, 2.05) is 7.05 Å². The minimum atomic E-state index is -4.26. The lowest BCUT2D eigenvalue weighted by molar-refractivity contribution is -0.137. The number of hydrogen-bond donors (Lipinski definition) is 1. The molecule has 108 valence electrons. The molecule has 0 amide bonds. The van der Waals surface area contributed by atoms with Crippen LogP contribution in [0.25, 0.3) is 0 Å². The molecule has 1 nitrogen and oxygen atoms in total. The summed E-state index contributed by atoms with van der Waals surface area (Å²) in [4.78, 5) is 0. The van der Waals surface area contributed by atoms with Crippen molar-refractivity contribution in [1.82, 2.24) is 5.32 Å². The number of alkyl halides is 3. The molecule has 0 aliphatic carbocycles. The molecule has 2 unspecified atom stereocenters. The van der Waals surface area contributed by atoms with Gasteiger partial charge < -0.3 is 5.32 Å². The summed E-state index contributed by atoms with van der Waals surface area (Å²) < 4.78 is 37.4. The molecule has 0 radical (unpaired) electrons. The van der Waals surface area contributed by atoms with E-state index in [9.17, 15) is 13.2 Å². The van der Waals surface area contributed by atoms with Gasteiger partial charge in [-0.05, 0) is 43.0 Å². The number of nitrogens with one attached hydrogen (secondary N) is 1. The molecule has 4 heteroatoms. The van der Waals surface area contributed by atoms with Gasteiger partial charge in [-0.3, -0.25) is 0 Å². The molecule has 0 aromatic heterocycles. The van der Waals surface area contributed by atoms with Gasteiger partial charge >= 0.3 is 6.18 Å². The fraction of sp³-hybridized carbons (Fsp3) is 0.600. The summed E-state index contributed by atoms with van der Waals surface area (Å²) in [7, 11) is 1.90. The second-order valence-electron chi connectivity index (χ2n) is 5.40. The number of benzene rings is 1. The van der Waals surface area contributed by atoms with Crippen LogP contribution in [-0.2, 0) is 12.6 Å². The maximum atomic E-state index is 12.5. The summed E-state index contributed by atoms with van der Waals surface area (Å²) in [6.07, 6.45) is -3.51. The van der Waals surface area contributed by atoms with Gasteiger partial charge in [-0.15, -0.1) is 0 Å². The molecule has 0 bridgehead atoms. The van der Waals surface area contributed by atoms with Crippen molar-refractivity contribution in [3.05, 3.63) is 35.4 Å². The van der Waals surface area contributed by atoms with E-state index >= 15 is 0 Å². The first-order valence-electron chi connectivity index (χ1n) is 6.59. The number of hydrogen-bond acceptors (Lipinski definition) is 1. The molecule has 0 fully saturated rings. The first-order chi connectivity index (χ1) is 8.75. The third-order valence-electron chi connectivity index (χ3n) is 3.79. The van der Waals surface area contributed by atoms with Crippen LogP contribution >= 0.6 is 0 Å². The minimum absolute atomic E-state index is 0.275. The zero-order valence-corrected chi connectivity index (χ0v) is 11.9. The van der Waals surface area contributed by atoms with Gasteiger partial charge in [0.25, 0.3) is 0 Å². The van der Waals surface area contributed by atoms with Gasteiger partial charge in [0.15, 0.2) is 0 Å². The van der Waals surface area contributed by atoms with Crippen molar-refractivity contribution in [2.45, 2.75) is 39.4 Å². The molecule has 0 saturated heterocycles. The highest BCUT2D eigenvalue weighted by atomic mass is 19.4. The van der Waals surface area contributed by atoms with E-state index in [0.29, 0.717) is 11.8 Å². The molecular formula is C15H22F3N. The number of rotatable bonds is 5. The quantitative estimate of drug-likeness (QED) is 0.850. The van der Waals surface area contributed by atoms with Crippen molar-refractivity contribution in [2.24, 2.45) is 11.8 Å². The van der Waals surface area contributed by atoms with E-state index in [2.05, 4.69) is 26.1 Å². The van der Waals surface area contributed by atoms with Crippen LogP contribution in [0.15, 0.2) is 24.3 Å². The Kier molecular flexibility index (Phi) is 5.41. The molecule has 1 N–H and O–H groups in total. The molecule has 19 heavy (non-hydrogen) atoms. The Labute approximate surface area is 113 Å². The van der Waals surface area contributed by atoms with Crippen LogP contribution < -0.4 is 5.32 Å². The fourth-order valence-electron chi connectivity index (χ4n) is 2.10. The van der Waals surface area contributed by atoms with Crippen LogP contribution in [0.5, 0.6) is 0 Å². The third kappa shape index (κ3) is 4.53. The van der Waals surface area contributed by atoms with E-state index in [4.69, 9.17) is 0 Å². The number of likely N-dealkylation sites (N-methyl/N-ethyl adjacent to an activating group) is 1. The molecule has 0 spiro atoms. The van der Waals surface area contributed by atoms with Crippen LogP contribution in [0.1, 0.15) is 31.9 Å². The smallest absolute Gasteiger partial charge is 0.316 e. The van der Waals surface area contributed by atoms with Crippen LogP contribution in [0, 0.1) is 11.8 Å². The van der Waals surface area contributed by atoms with E-state index < -0.39 is 11.7 Å². The van der Waals surface area contributed by atoms with E-state index in [1.54, 1.807) is 12.1 Å². The lowest BCUT2D eigenvalue weighted by Crippen LogP contribution is -2.36. The van der Waals surface area contributed by atoms with Crippen molar-refractivity contribution < 1.29 is 13.2 Å². The van der Waals surface area contributed by atoms with Gasteiger partial charge in [-0.25, -0.2) is 0 Å². The summed E-state index contributed by atoms with van der Waals surface area (Å²) in [5, 5.41) is 3.25.